The molecule has 3 heterocycles. The molecule has 0 unspecified atom stereocenters. The molecule has 6 nitrogen and oxygen atoms in total. The zero-order valence-electron chi connectivity index (χ0n) is 15.3. The van der Waals surface area contributed by atoms with Crippen molar-refractivity contribution in [3.63, 3.8) is 0 Å². The lowest BCUT2D eigenvalue weighted by atomic mass is 10.1. The monoisotopic (exact) mass is 385 g/mol. The maximum absolute atomic E-state index is 5.86. The first-order chi connectivity index (χ1) is 13.3. The van der Waals surface area contributed by atoms with Crippen molar-refractivity contribution >= 4 is 11.8 Å². The Hall–Kier alpha value is -2.25. The molecular weight excluding hydrogens is 362 g/mol. The van der Waals surface area contributed by atoms with Crippen LogP contribution in [0.25, 0.3) is 11.4 Å². The molecule has 27 heavy (non-hydrogen) atoms. The van der Waals surface area contributed by atoms with Crippen molar-refractivity contribution in [3.05, 3.63) is 48.4 Å². The second-order valence-electron chi connectivity index (χ2n) is 6.47. The molecular formula is C20H23N3O3S. The summed E-state index contributed by atoms with van der Waals surface area (Å²) >= 11 is 1.69. The van der Waals surface area contributed by atoms with E-state index in [9.17, 15) is 0 Å². The van der Waals surface area contributed by atoms with Crippen molar-refractivity contribution in [1.82, 2.24) is 14.8 Å². The Morgan fingerprint density at radius 3 is 2.89 bits per heavy atom. The van der Waals surface area contributed by atoms with Crippen LogP contribution in [0, 0.1) is 0 Å². The van der Waals surface area contributed by atoms with Crippen LogP contribution in [0.1, 0.15) is 25.0 Å². The van der Waals surface area contributed by atoms with E-state index in [1.165, 1.54) is 6.42 Å². The number of hydrogen-bond donors (Lipinski definition) is 0. The fraction of sp³-hybridized carbons (Fsp3) is 0.400. The van der Waals surface area contributed by atoms with Gasteiger partial charge >= 0.3 is 0 Å². The largest absolute Gasteiger partial charge is 0.496 e. The number of nitrogens with zero attached hydrogens (tertiary/aromatic N) is 3. The van der Waals surface area contributed by atoms with Crippen LogP contribution in [0.3, 0.4) is 0 Å². The topological polar surface area (TPSA) is 62.3 Å². The quantitative estimate of drug-likeness (QED) is 0.567. The lowest BCUT2D eigenvalue weighted by Crippen LogP contribution is -2.21. The van der Waals surface area contributed by atoms with E-state index in [2.05, 4.69) is 14.8 Å². The average molecular weight is 385 g/mol. The highest BCUT2D eigenvalue weighted by atomic mass is 32.2. The molecule has 2 aromatic heterocycles. The SMILES string of the molecule is COc1ccccc1-c1nnc(SC[C@@H]2CCCCO2)n1Cc1ccco1. The van der Waals surface area contributed by atoms with Gasteiger partial charge in [0.25, 0.3) is 0 Å². The number of furan rings is 1. The summed E-state index contributed by atoms with van der Waals surface area (Å²) in [5.74, 6) is 3.29. The van der Waals surface area contributed by atoms with Crippen LogP contribution < -0.4 is 4.74 Å². The molecule has 0 aliphatic carbocycles. The Morgan fingerprint density at radius 2 is 2.11 bits per heavy atom. The molecule has 3 aromatic rings. The summed E-state index contributed by atoms with van der Waals surface area (Å²) in [6.45, 7) is 1.43. The van der Waals surface area contributed by atoms with Crippen molar-refractivity contribution in [3.8, 4) is 17.1 Å². The first-order valence-corrected chi connectivity index (χ1v) is 10.2. The molecule has 0 bridgehead atoms. The molecule has 1 fully saturated rings. The molecule has 1 saturated heterocycles. The predicted octanol–water partition coefficient (Wildman–Crippen LogP) is 4.26. The molecule has 0 spiro atoms. The molecule has 0 radical (unpaired) electrons. The van der Waals surface area contributed by atoms with Gasteiger partial charge in [-0.3, -0.25) is 4.57 Å². The van der Waals surface area contributed by atoms with Gasteiger partial charge in [-0.2, -0.15) is 0 Å². The summed E-state index contributed by atoms with van der Waals surface area (Å²) in [5, 5.41) is 9.79. The Kier molecular flexibility index (Phi) is 5.79. The van der Waals surface area contributed by atoms with Gasteiger partial charge in [0.05, 0.1) is 31.6 Å². The highest BCUT2D eigenvalue weighted by Gasteiger charge is 2.21. The highest BCUT2D eigenvalue weighted by molar-refractivity contribution is 7.99. The number of rotatable bonds is 7. The minimum atomic E-state index is 0.284. The molecule has 142 valence electrons. The van der Waals surface area contributed by atoms with Gasteiger partial charge in [-0.05, 0) is 43.5 Å². The highest BCUT2D eigenvalue weighted by Crippen LogP contribution is 2.32. The maximum atomic E-state index is 5.86. The van der Waals surface area contributed by atoms with Gasteiger partial charge in [-0.15, -0.1) is 10.2 Å². The van der Waals surface area contributed by atoms with Crippen LogP contribution in [0.15, 0.2) is 52.2 Å². The Bertz CT molecular complexity index is 857. The van der Waals surface area contributed by atoms with E-state index in [0.717, 1.165) is 53.3 Å². The summed E-state index contributed by atoms with van der Waals surface area (Å²) in [6, 6.07) is 11.7. The van der Waals surface area contributed by atoms with E-state index in [1.807, 2.05) is 36.4 Å². The number of hydrogen-bond acceptors (Lipinski definition) is 6. The Labute approximate surface area is 162 Å². The lowest BCUT2D eigenvalue weighted by Gasteiger charge is -2.21. The van der Waals surface area contributed by atoms with Crippen LogP contribution in [0.2, 0.25) is 0 Å². The number of aromatic nitrogens is 3. The van der Waals surface area contributed by atoms with Crippen LogP contribution in [-0.2, 0) is 11.3 Å². The molecule has 4 rings (SSSR count). The van der Waals surface area contributed by atoms with E-state index in [4.69, 9.17) is 13.9 Å². The summed E-state index contributed by atoms with van der Waals surface area (Å²) < 4.78 is 19.0. The summed E-state index contributed by atoms with van der Waals surface area (Å²) in [4.78, 5) is 0. The van der Waals surface area contributed by atoms with Crippen molar-refractivity contribution < 1.29 is 13.9 Å². The minimum Gasteiger partial charge on any atom is -0.496 e. The standard InChI is InChI=1S/C20H23N3O3S/c1-24-18-10-3-2-9-17(18)19-21-22-20(23(19)13-15-8-6-12-25-15)27-14-16-7-4-5-11-26-16/h2-3,6,8-10,12,16H,4-5,7,11,13-14H2,1H3/t16-/m0/s1. The Morgan fingerprint density at radius 1 is 1.19 bits per heavy atom. The zero-order valence-corrected chi connectivity index (χ0v) is 16.2. The summed E-state index contributed by atoms with van der Waals surface area (Å²) in [5.41, 5.74) is 0.917. The third kappa shape index (κ3) is 4.20. The van der Waals surface area contributed by atoms with Crippen LogP contribution >= 0.6 is 11.8 Å². The van der Waals surface area contributed by atoms with E-state index < -0.39 is 0 Å². The smallest absolute Gasteiger partial charge is 0.192 e. The number of methoxy groups -OCH3 is 1. The average Bonchev–Trinajstić information content (AvgIpc) is 3.38. The lowest BCUT2D eigenvalue weighted by molar-refractivity contribution is 0.0315. The molecule has 0 amide bonds. The van der Waals surface area contributed by atoms with Crippen molar-refractivity contribution in [2.45, 2.75) is 37.1 Å². The van der Waals surface area contributed by atoms with Crippen LogP contribution in [-0.4, -0.2) is 40.3 Å². The molecule has 1 aromatic carbocycles. The second kappa shape index (κ2) is 8.63. The number of benzene rings is 1. The first kappa shape index (κ1) is 18.1. The van der Waals surface area contributed by atoms with E-state index in [-0.39, 0.29) is 6.10 Å². The van der Waals surface area contributed by atoms with Crippen LogP contribution in [0.4, 0.5) is 0 Å². The Balaban J connectivity index is 1.63. The number of para-hydroxylation sites is 1. The first-order valence-electron chi connectivity index (χ1n) is 9.18. The van der Waals surface area contributed by atoms with Gasteiger partial charge in [-0.25, -0.2) is 0 Å². The minimum absolute atomic E-state index is 0.284. The van der Waals surface area contributed by atoms with Crippen molar-refractivity contribution in [1.29, 1.82) is 0 Å². The van der Waals surface area contributed by atoms with Gasteiger partial charge in [0.2, 0.25) is 0 Å². The van der Waals surface area contributed by atoms with Gasteiger partial charge < -0.3 is 13.9 Å². The molecule has 0 N–H and O–H groups in total. The zero-order chi connectivity index (χ0) is 18.5. The van der Waals surface area contributed by atoms with E-state index >= 15 is 0 Å². The van der Waals surface area contributed by atoms with Gasteiger partial charge in [-0.1, -0.05) is 23.9 Å². The predicted molar refractivity (Wildman–Crippen MR) is 104 cm³/mol. The van der Waals surface area contributed by atoms with Crippen molar-refractivity contribution in [2.75, 3.05) is 19.5 Å². The fourth-order valence-electron chi connectivity index (χ4n) is 3.23. The molecule has 1 aliphatic rings. The number of ether oxygens (including phenoxy) is 2. The second-order valence-corrected chi connectivity index (χ2v) is 7.46. The molecule has 0 saturated carbocycles. The third-order valence-electron chi connectivity index (χ3n) is 4.63. The van der Waals surface area contributed by atoms with E-state index in [1.54, 1.807) is 25.1 Å². The normalized spacial score (nSPS) is 17.1. The summed E-state index contributed by atoms with van der Waals surface area (Å²) in [6.07, 6.45) is 5.47. The summed E-state index contributed by atoms with van der Waals surface area (Å²) in [7, 11) is 1.67. The third-order valence-corrected chi connectivity index (χ3v) is 5.73. The van der Waals surface area contributed by atoms with Crippen LogP contribution in [0.5, 0.6) is 5.75 Å². The van der Waals surface area contributed by atoms with Crippen molar-refractivity contribution in [2.24, 2.45) is 0 Å². The van der Waals surface area contributed by atoms with Gasteiger partial charge in [0.1, 0.15) is 11.5 Å². The van der Waals surface area contributed by atoms with Gasteiger partial charge in [0.15, 0.2) is 11.0 Å². The molecule has 1 aliphatic heterocycles. The molecule has 1 atom stereocenters. The maximum Gasteiger partial charge on any atom is 0.192 e. The van der Waals surface area contributed by atoms with Gasteiger partial charge in [0, 0.05) is 12.4 Å². The van der Waals surface area contributed by atoms with E-state index in [0.29, 0.717) is 6.54 Å². The fourth-order valence-corrected chi connectivity index (χ4v) is 4.23. The molecule has 7 heteroatoms. The number of thioether (sulfide) groups is 1.